The van der Waals surface area contributed by atoms with Crippen molar-refractivity contribution >= 4 is 16.7 Å². The smallest absolute Gasteiger partial charge is 0.260 e. The second-order valence-electron chi connectivity index (χ2n) is 5.38. The number of fused-ring (bicyclic) bond motifs is 1. The fraction of sp³-hybridized carbons (Fsp3) is 0.444. The van der Waals surface area contributed by atoms with Crippen LogP contribution in [0.15, 0.2) is 35.3 Å². The first-order valence-electron chi connectivity index (χ1n) is 8.14. The molecule has 6 nitrogen and oxygen atoms in total. The number of rotatable bonds is 8. The molecular formula is C18H24N2O4. The maximum atomic E-state index is 12.5. The zero-order valence-corrected chi connectivity index (χ0v) is 14.4. The average Bonchev–Trinajstić information content (AvgIpc) is 2.60. The highest BCUT2D eigenvalue weighted by molar-refractivity contribution is 5.88. The van der Waals surface area contributed by atoms with Crippen LogP contribution < -0.4 is 10.3 Å². The van der Waals surface area contributed by atoms with Gasteiger partial charge in [0.15, 0.2) is 6.61 Å². The summed E-state index contributed by atoms with van der Waals surface area (Å²) < 4.78 is 12.3. The highest BCUT2D eigenvalue weighted by Gasteiger charge is 2.12. The summed E-state index contributed by atoms with van der Waals surface area (Å²) in [5.41, 5.74) is -0.0925. The minimum Gasteiger partial charge on any atom is -0.483 e. The number of likely N-dealkylation sites (N-methyl/N-ethyl adjacent to an activating group) is 1. The lowest BCUT2D eigenvalue weighted by Crippen LogP contribution is -2.34. The van der Waals surface area contributed by atoms with Gasteiger partial charge in [0, 0.05) is 38.3 Å². The fourth-order valence-electron chi connectivity index (χ4n) is 2.59. The van der Waals surface area contributed by atoms with Crippen molar-refractivity contribution in [3.05, 3.63) is 40.8 Å². The topological polar surface area (TPSA) is 60.8 Å². The predicted octanol–water partition coefficient (Wildman–Crippen LogP) is 1.90. The summed E-state index contributed by atoms with van der Waals surface area (Å²) in [4.78, 5) is 26.3. The van der Waals surface area contributed by atoms with Crippen LogP contribution in [0.1, 0.15) is 13.8 Å². The number of hydrogen-bond acceptors (Lipinski definition) is 4. The lowest BCUT2D eigenvalue weighted by molar-refractivity contribution is -0.132. The Morgan fingerprint density at radius 1 is 1.17 bits per heavy atom. The van der Waals surface area contributed by atoms with E-state index in [1.54, 1.807) is 41.0 Å². The molecule has 0 spiro atoms. The third-order valence-electron chi connectivity index (χ3n) is 3.98. The number of pyridine rings is 1. The monoisotopic (exact) mass is 332 g/mol. The van der Waals surface area contributed by atoms with Crippen LogP contribution in [0.5, 0.6) is 5.75 Å². The molecule has 0 N–H and O–H groups in total. The van der Waals surface area contributed by atoms with E-state index < -0.39 is 0 Å². The first-order chi connectivity index (χ1) is 11.6. The van der Waals surface area contributed by atoms with Crippen LogP contribution in [-0.4, -0.2) is 48.8 Å². The molecule has 24 heavy (non-hydrogen) atoms. The maximum absolute atomic E-state index is 12.5. The van der Waals surface area contributed by atoms with E-state index in [0.29, 0.717) is 42.8 Å². The van der Waals surface area contributed by atoms with E-state index in [2.05, 4.69) is 0 Å². The van der Waals surface area contributed by atoms with Gasteiger partial charge in [-0.05, 0) is 32.0 Å². The first-order valence-corrected chi connectivity index (χ1v) is 8.14. The molecule has 1 heterocycles. The van der Waals surface area contributed by atoms with E-state index in [4.69, 9.17) is 9.47 Å². The zero-order valence-electron chi connectivity index (χ0n) is 14.4. The van der Waals surface area contributed by atoms with E-state index in [-0.39, 0.29) is 18.1 Å². The zero-order chi connectivity index (χ0) is 17.5. The van der Waals surface area contributed by atoms with Crippen LogP contribution in [0.2, 0.25) is 0 Å². The number of benzene rings is 1. The molecule has 0 unspecified atom stereocenters. The minimum atomic E-state index is -0.0925. The van der Waals surface area contributed by atoms with Crippen molar-refractivity contribution in [2.75, 3.05) is 33.4 Å². The molecule has 2 aromatic rings. The SMILES string of the molecule is CCN(CC)C(=O)COc1cccc2c(=O)n(CCOC)ccc12. The standard InChI is InChI=1S/C18H24N2O4/c1-4-19(5-2)17(21)13-24-16-8-6-7-15-14(16)9-10-20(18(15)22)11-12-23-3/h6-10H,4-5,11-13H2,1-3H3. The van der Waals surface area contributed by atoms with E-state index >= 15 is 0 Å². The Morgan fingerprint density at radius 2 is 1.92 bits per heavy atom. The van der Waals surface area contributed by atoms with Crippen LogP contribution in [0.25, 0.3) is 10.8 Å². The van der Waals surface area contributed by atoms with Crippen LogP contribution >= 0.6 is 0 Å². The number of methoxy groups -OCH3 is 1. The van der Waals surface area contributed by atoms with Crippen LogP contribution in [0, 0.1) is 0 Å². The molecule has 0 aliphatic rings. The summed E-state index contributed by atoms with van der Waals surface area (Å²) in [5, 5.41) is 1.28. The summed E-state index contributed by atoms with van der Waals surface area (Å²) in [6, 6.07) is 7.14. The van der Waals surface area contributed by atoms with Crippen molar-refractivity contribution in [2.45, 2.75) is 20.4 Å². The van der Waals surface area contributed by atoms with Gasteiger partial charge in [-0.15, -0.1) is 0 Å². The Balaban J connectivity index is 2.24. The fourth-order valence-corrected chi connectivity index (χ4v) is 2.59. The van der Waals surface area contributed by atoms with Gasteiger partial charge in [0.2, 0.25) is 0 Å². The molecule has 1 amide bonds. The number of hydrogen-bond donors (Lipinski definition) is 0. The molecule has 0 atom stereocenters. The van der Waals surface area contributed by atoms with Gasteiger partial charge in [-0.1, -0.05) is 6.07 Å². The summed E-state index contributed by atoms with van der Waals surface area (Å²) in [5.74, 6) is 0.481. The minimum absolute atomic E-state index is 0.0342. The van der Waals surface area contributed by atoms with Crippen LogP contribution in [-0.2, 0) is 16.1 Å². The molecule has 0 fully saturated rings. The van der Waals surface area contributed by atoms with E-state index in [1.165, 1.54) is 0 Å². The molecule has 0 bridgehead atoms. The Morgan fingerprint density at radius 3 is 2.58 bits per heavy atom. The summed E-state index contributed by atoms with van der Waals surface area (Å²) in [6.07, 6.45) is 1.72. The van der Waals surface area contributed by atoms with Crippen molar-refractivity contribution in [2.24, 2.45) is 0 Å². The normalized spacial score (nSPS) is 10.8. The highest BCUT2D eigenvalue weighted by atomic mass is 16.5. The number of carbonyl (C=O) groups is 1. The molecule has 6 heteroatoms. The Bertz CT molecular complexity index is 750. The molecule has 0 aliphatic heterocycles. The first kappa shape index (κ1) is 18.0. The maximum Gasteiger partial charge on any atom is 0.260 e. The summed E-state index contributed by atoms with van der Waals surface area (Å²) in [7, 11) is 1.60. The van der Waals surface area contributed by atoms with Gasteiger partial charge in [-0.25, -0.2) is 0 Å². The van der Waals surface area contributed by atoms with Crippen molar-refractivity contribution in [3.8, 4) is 5.75 Å². The van der Waals surface area contributed by atoms with E-state index in [1.807, 2.05) is 19.9 Å². The number of ether oxygens (including phenoxy) is 2. The van der Waals surface area contributed by atoms with Crippen molar-refractivity contribution in [3.63, 3.8) is 0 Å². The van der Waals surface area contributed by atoms with Crippen molar-refractivity contribution < 1.29 is 14.3 Å². The lowest BCUT2D eigenvalue weighted by Gasteiger charge is -2.19. The Labute approximate surface area is 141 Å². The van der Waals surface area contributed by atoms with Gasteiger partial charge < -0.3 is 18.9 Å². The van der Waals surface area contributed by atoms with E-state index in [0.717, 1.165) is 0 Å². The number of carbonyl (C=O) groups excluding carboxylic acids is 1. The molecule has 0 saturated heterocycles. The molecular weight excluding hydrogens is 308 g/mol. The largest absolute Gasteiger partial charge is 0.483 e. The third kappa shape index (κ3) is 3.94. The molecule has 0 aliphatic carbocycles. The summed E-state index contributed by atoms with van der Waals surface area (Å²) >= 11 is 0. The lowest BCUT2D eigenvalue weighted by atomic mass is 10.1. The number of aromatic nitrogens is 1. The van der Waals surface area contributed by atoms with Crippen LogP contribution in [0.4, 0.5) is 0 Å². The van der Waals surface area contributed by atoms with Crippen molar-refractivity contribution in [1.29, 1.82) is 0 Å². The van der Waals surface area contributed by atoms with Gasteiger partial charge in [-0.3, -0.25) is 9.59 Å². The highest BCUT2D eigenvalue weighted by Crippen LogP contribution is 2.23. The third-order valence-corrected chi connectivity index (χ3v) is 3.98. The quantitative estimate of drug-likeness (QED) is 0.741. The second-order valence-corrected chi connectivity index (χ2v) is 5.38. The molecule has 0 radical (unpaired) electrons. The predicted molar refractivity (Wildman–Crippen MR) is 93.5 cm³/mol. The van der Waals surface area contributed by atoms with Crippen molar-refractivity contribution in [1.82, 2.24) is 9.47 Å². The molecule has 2 rings (SSSR count). The number of amides is 1. The summed E-state index contributed by atoms with van der Waals surface area (Å²) in [6.45, 7) is 6.10. The van der Waals surface area contributed by atoms with E-state index in [9.17, 15) is 9.59 Å². The molecule has 1 aromatic heterocycles. The molecule has 1 aromatic carbocycles. The van der Waals surface area contributed by atoms with Crippen LogP contribution in [0.3, 0.4) is 0 Å². The van der Waals surface area contributed by atoms with Gasteiger partial charge in [0.25, 0.3) is 11.5 Å². The Kier molecular flexibility index (Phi) is 6.37. The Hall–Kier alpha value is -2.34. The number of nitrogens with zero attached hydrogens (tertiary/aromatic N) is 2. The van der Waals surface area contributed by atoms with Gasteiger partial charge in [0.1, 0.15) is 5.75 Å². The van der Waals surface area contributed by atoms with Gasteiger partial charge >= 0.3 is 0 Å². The van der Waals surface area contributed by atoms with Gasteiger partial charge in [-0.2, -0.15) is 0 Å². The molecule has 130 valence electrons. The van der Waals surface area contributed by atoms with Gasteiger partial charge in [0.05, 0.1) is 12.0 Å². The average molecular weight is 332 g/mol. The second kappa shape index (κ2) is 8.49. The molecule has 0 saturated carbocycles.